The summed E-state index contributed by atoms with van der Waals surface area (Å²) >= 11 is 0. The third-order valence-electron chi connectivity index (χ3n) is 5.05. The number of carbonyl (C=O) groups excluding carboxylic acids is 1. The normalized spacial score (nSPS) is 10.9. The maximum Gasteiger partial charge on any atom is 0.269 e. The highest BCUT2D eigenvalue weighted by molar-refractivity contribution is 5.92. The van der Waals surface area contributed by atoms with Crippen LogP contribution < -0.4 is 10.1 Å². The molecule has 1 N–H and O–H groups in total. The molecule has 6 heteroatoms. The van der Waals surface area contributed by atoms with Gasteiger partial charge in [-0.15, -0.1) is 0 Å². The lowest BCUT2D eigenvalue weighted by atomic mass is 10.2. The van der Waals surface area contributed by atoms with E-state index < -0.39 is 0 Å². The molecule has 158 valence electrons. The van der Waals surface area contributed by atoms with Gasteiger partial charge in [-0.3, -0.25) is 9.78 Å². The smallest absolute Gasteiger partial charge is 0.269 e. The molecule has 2 aromatic heterocycles. The van der Waals surface area contributed by atoms with Gasteiger partial charge in [0.2, 0.25) is 0 Å². The van der Waals surface area contributed by atoms with E-state index in [1.54, 1.807) is 24.4 Å². The van der Waals surface area contributed by atoms with Crippen molar-refractivity contribution < 1.29 is 9.53 Å². The molecule has 0 saturated heterocycles. The summed E-state index contributed by atoms with van der Waals surface area (Å²) in [5.41, 5.74) is 3.68. The Kier molecular flexibility index (Phi) is 6.57. The molecule has 0 aliphatic carbocycles. The van der Waals surface area contributed by atoms with Crippen molar-refractivity contribution in [1.29, 1.82) is 0 Å². The quantitative estimate of drug-likeness (QED) is 0.417. The first-order valence-corrected chi connectivity index (χ1v) is 10.5. The SMILES string of the molecule is Cc1cccc(OCCCn2c(CCNC(=O)c3ccccn3)nc3ccccc32)c1. The lowest BCUT2D eigenvalue weighted by Crippen LogP contribution is -2.27. The monoisotopic (exact) mass is 414 g/mol. The zero-order chi connectivity index (χ0) is 21.5. The number of imidazole rings is 1. The highest BCUT2D eigenvalue weighted by atomic mass is 16.5. The van der Waals surface area contributed by atoms with Crippen LogP contribution in [0.3, 0.4) is 0 Å². The minimum atomic E-state index is -0.171. The van der Waals surface area contributed by atoms with Crippen LogP contribution in [0.2, 0.25) is 0 Å². The number of pyridine rings is 1. The molecule has 2 heterocycles. The van der Waals surface area contributed by atoms with Crippen LogP contribution in [0, 0.1) is 6.92 Å². The Labute approximate surface area is 181 Å². The van der Waals surface area contributed by atoms with Gasteiger partial charge in [-0.2, -0.15) is 0 Å². The molecule has 0 fully saturated rings. The Balaban J connectivity index is 1.38. The minimum absolute atomic E-state index is 0.171. The second-order valence-corrected chi connectivity index (χ2v) is 7.41. The summed E-state index contributed by atoms with van der Waals surface area (Å²) in [5.74, 6) is 1.68. The number of benzene rings is 2. The molecule has 0 aliphatic heterocycles. The Morgan fingerprint density at radius 3 is 2.77 bits per heavy atom. The predicted molar refractivity (Wildman–Crippen MR) is 121 cm³/mol. The molecule has 6 nitrogen and oxygen atoms in total. The number of fused-ring (bicyclic) bond motifs is 1. The van der Waals surface area contributed by atoms with Crippen LogP contribution in [0.1, 0.15) is 28.3 Å². The number of hydrogen-bond acceptors (Lipinski definition) is 4. The van der Waals surface area contributed by atoms with Crippen molar-refractivity contribution in [1.82, 2.24) is 19.9 Å². The molecule has 0 unspecified atom stereocenters. The summed E-state index contributed by atoms with van der Waals surface area (Å²) in [5, 5.41) is 2.93. The number of aromatic nitrogens is 3. The molecule has 0 saturated carbocycles. The van der Waals surface area contributed by atoms with Gasteiger partial charge in [0.15, 0.2) is 0 Å². The van der Waals surface area contributed by atoms with E-state index in [2.05, 4.69) is 33.9 Å². The van der Waals surface area contributed by atoms with Gasteiger partial charge in [0.05, 0.1) is 17.6 Å². The van der Waals surface area contributed by atoms with Gasteiger partial charge in [0, 0.05) is 25.7 Å². The molecular weight excluding hydrogens is 388 g/mol. The number of amides is 1. The molecule has 4 rings (SSSR count). The maximum atomic E-state index is 12.2. The lowest BCUT2D eigenvalue weighted by molar-refractivity contribution is 0.0949. The molecule has 0 atom stereocenters. The number of rotatable bonds is 9. The van der Waals surface area contributed by atoms with Gasteiger partial charge >= 0.3 is 0 Å². The number of carbonyl (C=O) groups is 1. The van der Waals surface area contributed by atoms with Crippen LogP contribution >= 0.6 is 0 Å². The third kappa shape index (κ3) is 5.28. The molecule has 0 radical (unpaired) electrons. The molecule has 4 aromatic rings. The summed E-state index contributed by atoms with van der Waals surface area (Å²) in [4.78, 5) is 21.1. The Bertz CT molecular complexity index is 1150. The van der Waals surface area contributed by atoms with Crippen molar-refractivity contribution in [3.8, 4) is 5.75 Å². The number of hydrogen-bond donors (Lipinski definition) is 1. The van der Waals surface area contributed by atoms with E-state index in [0.29, 0.717) is 25.3 Å². The summed E-state index contributed by atoms with van der Waals surface area (Å²) in [6.07, 6.45) is 3.13. The Hall–Kier alpha value is -3.67. The average molecular weight is 415 g/mol. The number of nitrogens with one attached hydrogen (secondary N) is 1. The van der Waals surface area contributed by atoms with Gasteiger partial charge in [0.25, 0.3) is 5.91 Å². The fourth-order valence-corrected chi connectivity index (χ4v) is 3.56. The molecule has 1 amide bonds. The number of ether oxygens (including phenoxy) is 1. The van der Waals surface area contributed by atoms with Crippen molar-refractivity contribution in [2.24, 2.45) is 0 Å². The van der Waals surface area contributed by atoms with E-state index in [4.69, 9.17) is 9.72 Å². The van der Waals surface area contributed by atoms with Gasteiger partial charge < -0.3 is 14.6 Å². The minimum Gasteiger partial charge on any atom is -0.494 e. The number of aryl methyl sites for hydroxylation is 2. The van der Waals surface area contributed by atoms with Crippen molar-refractivity contribution in [2.75, 3.05) is 13.2 Å². The first-order valence-electron chi connectivity index (χ1n) is 10.5. The summed E-state index contributed by atoms with van der Waals surface area (Å²) in [7, 11) is 0. The predicted octanol–water partition coefficient (Wildman–Crippen LogP) is 4.18. The highest BCUT2D eigenvalue weighted by Gasteiger charge is 2.12. The van der Waals surface area contributed by atoms with Gasteiger partial charge in [0.1, 0.15) is 17.3 Å². The largest absolute Gasteiger partial charge is 0.494 e. The van der Waals surface area contributed by atoms with Crippen LogP contribution in [-0.4, -0.2) is 33.6 Å². The van der Waals surface area contributed by atoms with Crippen LogP contribution in [0.15, 0.2) is 72.9 Å². The van der Waals surface area contributed by atoms with E-state index in [1.165, 1.54) is 5.56 Å². The Morgan fingerprint density at radius 2 is 1.94 bits per heavy atom. The molecule has 0 aliphatic rings. The molecule has 0 bridgehead atoms. The second-order valence-electron chi connectivity index (χ2n) is 7.41. The fourth-order valence-electron chi connectivity index (χ4n) is 3.56. The topological polar surface area (TPSA) is 69.0 Å². The number of nitrogens with zero attached hydrogens (tertiary/aromatic N) is 3. The molecule has 2 aromatic carbocycles. The van der Waals surface area contributed by atoms with Crippen molar-refractivity contribution in [2.45, 2.75) is 26.3 Å². The van der Waals surface area contributed by atoms with E-state index >= 15 is 0 Å². The lowest BCUT2D eigenvalue weighted by Gasteiger charge is -2.11. The Morgan fingerprint density at radius 1 is 1.06 bits per heavy atom. The molecule has 0 spiro atoms. The fraction of sp³-hybridized carbons (Fsp3) is 0.240. The van der Waals surface area contributed by atoms with Crippen LogP contribution in [0.4, 0.5) is 0 Å². The third-order valence-corrected chi connectivity index (χ3v) is 5.05. The van der Waals surface area contributed by atoms with Crippen molar-refractivity contribution in [3.63, 3.8) is 0 Å². The standard InChI is InChI=1S/C25H26N4O2/c1-19-8-6-9-20(18-19)31-17-7-16-29-23-12-3-2-10-21(23)28-24(29)13-15-27-25(30)22-11-4-5-14-26-22/h2-6,8-12,14,18H,7,13,15-17H2,1H3,(H,27,30). The number of para-hydroxylation sites is 2. The average Bonchev–Trinajstić information content (AvgIpc) is 3.14. The van der Waals surface area contributed by atoms with E-state index in [9.17, 15) is 4.79 Å². The van der Waals surface area contributed by atoms with E-state index in [-0.39, 0.29) is 5.91 Å². The summed E-state index contributed by atoms with van der Waals surface area (Å²) in [6, 6.07) is 21.5. The van der Waals surface area contributed by atoms with Crippen molar-refractivity contribution >= 4 is 16.9 Å². The zero-order valence-electron chi connectivity index (χ0n) is 17.6. The highest BCUT2D eigenvalue weighted by Crippen LogP contribution is 2.18. The van der Waals surface area contributed by atoms with Crippen LogP contribution in [0.5, 0.6) is 5.75 Å². The van der Waals surface area contributed by atoms with Crippen molar-refractivity contribution in [3.05, 3.63) is 90.0 Å². The first kappa shape index (κ1) is 20.6. The van der Waals surface area contributed by atoms with Gasteiger partial charge in [-0.05, 0) is 55.3 Å². The molecule has 31 heavy (non-hydrogen) atoms. The summed E-state index contributed by atoms with van der Waals surface area (Å²) < 4.78 is 8.13. The van der Waals surface area contributed by atoms with Crippen LogP contribution in [0.25, 0.3) is 11.0 Å². The van der Waals surface area contributed by atoms with Gasteiger partial charge in [-0.1, -0.05) is 30.3 Å². The maximum absolute atomic E-state index is 12.2. The zero-order valence-corrected chi connectivity index (χ0v) is 17.6. The summed E-state index contributed by atoms with van der Waals surface area (Å²) in [6.45, 7) is 3.99. The first-order chi connectivity index (χ1) is 15.2. The van der Waals surface area contributed by atoms with Gasteiger partial charge in [-0.25, -0.2) is 4.98 Å². The van der Waals surface area contributed by atoms with E-state index in [1.807, 2.05) is 36.4 Å². The van der Waals surface area contributed by atoms with Crippen LogP contribution in [-0.2, 0) is 13.0 Å². The second kappa shape index (κ2) is 9.89. The molecular formula is C25H26N4O2. The van der Waals surface area contributed by atoms with E-state index in [0.717, 1.165) is 35.6 Å².